The second kappa shape index (κ2) is 4.32. The summed E-state index contributed by atoms with van der Waals surface area (Å²) in [5.74, 6) is 0. The Morgan fingerprint density at radius 1 is 1.13 bits per heavy atom. The molecule has 0 aliphatic heterocycles. The van der Waals surface area contributed by atoms with Crippen LogP contribution in [0.15, 0.2) is 18.2 Å². The average molecular weight is 210 g/mol. The van der Waals surface area contributed by atoms with Gasteiger partial charge in [0.25, 0.3) is 0 Å². The summed E-state index contributed by atoms with van der Waals surface area (Å²) in [5, 5.41) is 21.3. The van der Waals surface area contributed by atoms with Crippen molar-refractivity contribution in [1.82, 2.24) is 0 Å². The van der Waals surface area contributed by atoms with Crippen LogP contribution in [0.1, 0.15) is 5.56 Å². The number of para-hydroxylation sites is 1. The van der Waals surface area contributed by atoms with Crippen LogP contribution in [-0.2, 0) is 0 Å². The molecule has 6 heteroatoms. The highest BCUT2D eigenvalue weighted by atomic mass is 16.4. The predicted octanol–water partition coefficient (Wildman–Crippen LogP) is 2.17. The first kappa shape index (κ1) is 10.8. The molecule has 0 bridgehead atoms. The molecule has 1 aromatic carbocycles. The molecular weight excluding hydrogens is 200 g/mol. The third kappa shape index (κ3) is 2.87. The van der Waals surface area contributed by atoms with E-state index in [4.69, 9.17) is 10.2 Å². The number of anilines is 2. The van der Waals surface area contributed by atoms with E-state index >= 15 is 0 Å². The highest BCUT2D eigenvalue weighted by Gasteiger charge is 2.09. The standard InChI is InChI=1S/C9H10N2O4/c1-5-3-2-4-6(10-8(12)13)7(5)11-9(14)15/h2-4,10-11H,1H3,(H,12,13)(H,14,15). The van der Waals surface area contributed by atoms with Crippen molar-refractivity contribution in [1.29, 1.82) is 0 Å². The van der Waals surface area contributed by atoms with E-state index in [2.05, 4.69) is 10.6 Å². The number of nitrogens with one attached hydrogen (secondary N) is 2. The molecule has 0 aromatic heterocycles. The summed E-state index contributed by atoms with van der Waals surface area (Å²) < 4.78 is 0. The molecular formula is C9H10N2O4. The third-order valence-corrected chi connectivity index (χ3v) is 1.75. The molecule has 0 aliphatic rings. The fourth-order valence-corrected chi connectivity index (χ4v) is 1.16. The summed E-state index contributed by atoms with van der Waals surface area (Å²) in [6, 6.07) is 4.79. The predicted molar refractivity (Wildman–Crippen MR) is 54.5 cm³/mol. The van der Waals surface area contributed by atoms with E-state index in [1.54, 1.807) is 19.1 Å². The molecule has 1 aromatic rings. The van der Waals surface area contributed by atoms with E-state index < -0.39 is 12.2 Å². The fraction of sp³-hybridized carbons (Fsp3) is 0.111. The average Bonchev–Trinajstić information content (AvgIpc) is 2.09. The van der Waals surface area contributed by atoms with Gasteiger partial charge in [-0.05, 0) is 18.6 Å². The summed E-state index contributed by atoms with van der Waals surface area (Å²) >= 11 is 0. The van der Waals surface area contributed by atoms with Crippen LogP contribution in [0.2, 0.25) is 0 Å². The number of carbonyl (C=O) groups is 2. The maximum atomic E-state index is 10.5. The quantitative estimate of drug-likeness (QED) is 0.601. The first-order valence-electron chi connectivity index (χ1n) is 4.10. The Hall–Kier alpha value is -2.24. The van der Waals surface area contributed by atoms with Gasteiger partial charge in [0.2, 0.25) is 0 Å². The molecule has 2 amide bonds. The van der Waals surface area contributed by atoms with E-state index in [1.165, 1.54) is 6.07 Å². The van der Waals surface area contributed by atoms with Gasteiger partial charge in [-0.3, -0.25) is 10.6 Å². The lowest BCUT2D eigenvalue weighted by molar-refractivity contribution is 0.208. The molecule has 4 N–H and O–H groups in total. The van der Waals surface area contributed by atoms with Crippen LogP contribution in [0, 0.1) is 6.92 Å². The molecule has 80 valence electrons. The van der Waals surface area contributed by atoms with Crippen LogP contribution in [0.4, 0.5) is 21.0 Å². The van der Waals surface area contributed by atoms with Gasteiger partial charge in [-0.1, -0.05) is 12.1 Å². The van der Waals surface area contributed by atoms with Gasteiger partial charge in [0.05, 0.1) is 11.4 Å². The molecule has 0 fully saturated rings. The molecule has 0 radical (unpaired) electrons. The highest BCUT2D eigenvalue weighted by molar-refractivity contribution is 5.95. The summed E-state index contributed by atoms with van der Waals surface area (Å²) in [5.41, 5.74) is 1.10. The topological polar surface area (TPSA) is 98.7 Å². The van der Waals surface area contributed by atoms with E-state index in [-0.39, 0.29) is 11.4 Å². The molecule has 15 heavy (non-hydrogen) atoms. The SMILES string of the molecule is Cc1cccc(NC(=O)O)c1NC(=O)O. The van der Waals surface area contributed by atoms with Crippen molar-refractivity contribution in [3.63, 3.8) is 0 Å². The first-order chi connectivity index (χ1) is 7.00. The van der Waals surface area contributed by atoms with Crippen molar-refractivity contribution in [3.05, 3.63) is 23.8 Å². The zero-order chi connectivity index (χ0) is 11.4. The van der Waals surface area contributed by atoms with Crippen LogP contribution in [0.5, 0.6) is 0 Å². The second-order valence-corrected chi connectivity index (χ2v) is 2.86. The van der Waals surface area contributed by atoms with Crippen LogP contribution in [-0.4, -0.2) is 22.4 Å². The van der Waals surface area contributed by atoms with Crippen molar-refractivity contribution in [2.75, 3.05) is 10.6 Å². The summed E-state index contributed by atoms with van der Waals surface area (Å²) in [4.78, 5) is 20.9. The van der Waals surface area contributed by atoms with E-state index in [9.17, 15) is 9.59 Å². The Morgan fingerprint density at radius 2 is 1.73 bits per heavy atom. The van der Waals surface area contributed by atoms with Gasteiger partial charge in [0.15, 0.2) is 0 Å². The first-order valence-corrected chi connectivity index (χ1v) is 4.10. The lowest BCUT2D eigenvalue weighted by Gasteiger charge is -2.11. The van der Waals surface area contributed by atoms with Gasteiger partial charge in [-0.15, -0.1) is 0 Å². The van der Waals surface area contributed by atoms with Gasteiger partial charge in [0, 0.05) is 0 Å². The summed E-state index contributed by atoms with van der Waals surface area (Å²) in [6.07, 6.45) is -2.48. The van der Waals surface area contributed by atoms with E-state index in [0.29, 0.717) is 5.56 Å². The molecule has 0 unspecified atom stereocenters. The smallest absolute Gasteiger partial charge is 0.409 e. The number of rotatable bonds is 2. The summed E-state index contributed by atoms with van der Waals surface area (Å²) in [7, 11) is 0. The lowest BCUT2D eigenvalue weighted by Crippen LogP contribution is -2.14. The maximum Gasteiger partial charge on any atom is 0.409 e. The van der Waals surface area contributed by atoms with Crippen LogP contribution in [0.25, 0.3) is 0 Å². The lowest BCUT2D eigenvalue weighted by atomic mass is 10.1. The van der Waals surface area contributed by atoms with Gasteiger partial charge < -0.3 is 10.2 Å². The molecule has 0 saturated carbocycles. The molecule has 0 atom stereocenters. The van der Waals surface area contributed by atoms with Crippen molar-refractivity contribution in [3.8, 4) is 0 Å². The number of hydrogen-bond acceptors (Lipinski definition) is 2. The minimum Gasteiger partial charge on any atom is -0.465 e. The minimum absolute atomic E-state index is 0.213. The molecule has 1 rings (SSSR count). The largest absolute Gasteiger partial charge is 0.465 e. The highest BCUT2D eigenvalue weighted by Crippen LogP contribution is 2.25. The molecule has 6 nitrogen and oxygen atoms in total. The Morgan fingerprint density at radius 3 is 2.27 bits per heavy atom. The van der Waals surface area contributed by atoms with Gasteiger partial charge in [-0.25, -0.2) is 9.59 Å². The van der Waals surface area contributed by atoms with E-state index in [1.807, 2.05) is 0 Å². The monoisotopic (exact) mass is 210 g/mol. The third-order valence-electron chi connectivity index (χ3n) is 1.75. The van der Waals surface area contributed by atoms with E-state index in [0.717, 1.165) is 0 Å². The summed E-state index contributed by atoms with van der Waals surface area (Å²) in [6.45, 7) is 1.68. The van der Waals surface area contributed by atoms with Gasteiger partial charge >= 0.3 is 12.2 Å². The Balaban J connectivity index is 3.08. The van der Waals surface area contributed by atoms with Crippen molar-refractivity contribution in [2.45, 2.75) is 6.92 Å². The van der Waals surface area contributed by atoms with Crippen molar-refractivity contribution < 1.29 is 19.8 Å². The van der Waals surface area contributed by atoms with Crippen molar-refractivity contribution in [2.24, 2.45) is 0 Å². The van der Waals surface area contributed by atoms with Crippen LogP contribution < -0.4 is 10.6 Å². The number of aryl methyl sites for hydroxylation is 1. The second-order valence-electron chi connectivity index (χ2n) is 2.86. The molecule has 0 spiro atoms. The molecule has 0 aliphatic carbocycles. The zero-order valence-corrected chi connectivity index (χ0v) is 7.94. The van der Waals surface area contributed by atoms with Gasteiger partial charge in [0.1, 0.15) is 0 Å². The maximum absolute atomic E-state index is 10.5. The minimum atomic E-state index is -1.24. The van der Waals surface area contributed by atoms with Gasteiger partial charge in [-0.2, -0.15) is 0 Å². The molecule has 0 heterocycles. The Bertz CT molecular complexity index is 403. The molecule has 0 saturated heterocycles. The fourth-order valence-electron chi connectivity index (χ4n) is 1.16. The Labute approximate surface area is 85.5 Å². The van der Waals surface area contributed by atoms with Crippen LogP contribution >= 0.6 is 0 Å². The normalized spacial score (nSPS) is 9.40. The number of hydrogen-bond donors (Lipinski definition) is 4. The Kier molecular flexibility index (Phi) is 3.12. The number of carboxylic acid groups (broad SMARTS) is 2. The van der Waals surface area contributed by atoms with Crippen molar-refractivity contribution >= 4 is 23.6 Å². The van der Waals surface area contributed by atoms with Crippen LogP contribution in [0.3, 0.4) is 0 Å². The number of benzene rings is 1. The zero-order valence-electron chi connectivity index (χ0n) is 7.94. The number of amides is 2.